The third kappa shape index (κ3) is 2.79. The minimum absolute atomic E-state index is 0.0169. The SMILES string of the molecule is CC(=O)c1ccc(OCC2CCOC2)nc1. The number of carbonyl (C=O) groups excluding carboxylic acids is 1. The van der Waals surface area contributed by atoms with Crippen LogP contribution in [0.15, 0.2) is 18.3 Å². The van der Waals surface area contributed by atoms with Crippen LogP contribution in [0.1, 0.15) is 23.7 Å². The van der Waals surface area contributed by atoms with Crippen molar-refractivity contribution in [2.75, 3.05) is 19.8 Å². The Morgan fingerprint density at radius 1 is 1.62 bits per heavy atom. The Bertz CT molecular complexity index is 355. The van der Waals surface area contributed by atoms with Crippen molar-refractivity contribution in [3.8, 4) is 5.88 Å². The number of hydrogen-bond acceptors (Lipinski definition) is 4. The van der Waals surface area contributed by atoms with Gasteiger partial charge in [-0.1, -0.05) is 0 Å². The molecule has 0 aliphatic carbocycles. The van der Waals surface area contributed by atoms with E-state index < -0.39 is 0 Å². The van der Waals surface area contributed by atoms with E-state index in [-0.39, 0.29) is 5.78 Å². The number of ether oxygens (including phenoxy) is 2. The largest absolute Gasteiger partial charge is 0.477 e. The van der Waals surface area contributed by atoms with Gasteiger partial charge in [0.05, 0.1) is 13.2 Å². The average molecular weight is 221 g/mol. The first-order chi connectivity index (χ1) is 7.75. The molecule has 0 bridgehead atoms. The number of hydrogen-bond donors (Lipinski definition) is 0. The van der Waals surface area contributed by atoms with Gasteiger partial charge >= 0.3 is 0 Å². The van der Waals surface area contributed by atoms with Crippen LogP contribution in [0, 0.1) is 5.92 Å². The second kappa shape index (κ2) is 5.07. The van der Waals surface area contributed by atoms with Crippen molar-refractivity contribution in [1.29, 1.82) is 0 Å². The first-order valence-electron chi connectivity index (χ1n) is 5.43. The zero-order valence-electron chi connectivity index (χ0n) is 9.31. The zero-order valence-corrected chi connectivity index (χ0v) is 9.31. The van der Waals surface area contributed by atoms with Crippen molar-refractivity contribution in [3.63, 3.8) is 0 Å². The first-order valence-corrected chi connectivity index (χ1v) is 5.43. The molecule has 16 heavy (non-hydrogen) atoms. The molecule has 4 nitrogen and oxygen atoms in total. The molecule has 4 heteroatoms. The van der Waals surface area contributed by atoms with Crippen LogP contribution in [0.25, 0.3) is 0 Å². The minimum Gasteiger partial charge on any atom is -0.477 e. The average Bonchev–Trinajstić information content (AvgIpc) is 2.80. The van der Waals surface area contributed by atoms with E-state index in [1.165, 1.54) is 6.92 Å². The van der Waals surface area contributed by atoms with Gasteiger partial charge in [-0.25, -0.2) is 4.98 Å². The second-order valence-corrected chi connectivity index (χ2v) is 3.98. The third-order valence-corrected chi connectivity index (χ3v) is 2.63. The topological polar surface area (TPSA) is 48.4 Å². The molecule has 1 aliphatic rings. The maximum atomic E-state index is 11.0. The highest BCUT2D eigenvalue weighted by atomic mass is 16.5. The zero-order chi connectivity index (χ0) is 11.4. The van der Waals surface area contributed by atoms with E-state index in [1.54, 1.807) is 18.3 Å². The van der Waals surface area contributed by atoms with Crippen LogP contribution in [0.2, 0.25) is 0 Å². The molecule has 1 fully saturated rings. The molecule has 0 radical (unpaired) electrons. The summed E-state index contributed by atoms with van der Waals surface area (Å²) in [5, 5.41) is 0. The van der Waals surface area contributed by atoms with Crippen LogP contribution in [0.3, 0.4) is 0 Å². The lowest BCUT2D eigenvalue weighted by Gasteiger charge is -2.09. The summed E-state index contributed by atoms with van der Waals surface area (Å²) >= 11 is 0. The lowest BCUT2D eigenvalue weighted by atomic mass is 10.1. The number of ketones is 1. The van der Waals surface area contributed by atoms with Crippen LogP contribution in [0.5, 0.6) is 5.88 Å². The van der Waals surface area contributed by atoms with E-state index in [1.807, 2.05) is 0 Å². The Balaban J connectivity index is 1.87. The molecule has 0 aromatic carbocycles. The maximum absolute atomic E-state index is 11.0. The van der Waals surface area contributed by atoms with Crippen LogP contribution in [-0.4, -0.2) is 30.6 Å². The highest BCUT2D eigenvalue weighted by Crippen LogP contribution is 2.15. The molecule has 0 spiro atoms. The van der Waals surface area contributed by atoms with Crippen LogP contribution in [0.4, 0.5) is 0 Å². The summed E-state index contributed by atoms with van der Waals surface area (Å²) < 4.78 is 10.8. The lowest BCUT2D eigenvalue weighted by Crippen LogP contribution is -2.12. The Kier molecular flexibility index (Phi) is 3.51. The van der Waals surface area contributed by atoms with E-state index in [0.29, 0.717) is 24.0 Å². The van der Waals surface area contributed by atoms with E-state index in [4.69, 9.17) is 9.47 Å². The molecule has 0 amide bonds. The van der Waals surface area contributed by atoms with Gasteiger partial charge in [-0.3, -0.25) is 4.79 Å². The number of aromatic nitrogens is 1. The normalized spacial score (nSPS) is 19.7. The fourth-order valence-electron chi connectivity index (χ4n) is 1.59. The second-order valence-electron chi connectivity index (χ2n) is 3.98. The third-order valence-electron chi connectivity index (χ3n) is 2.63. The first kappa shape index (κ1) is 11.1. The summed E-state index contributed by atoms with van der Waals surface area (Å²) in [6.45, 7) is 3.75. The van der Waals surface area contributed by atoms with Crippen LogP contribution >= 0.6 is 0 Å². The van der Waals surface area contributed by atoms with Gasteiger partial charge in [0.1, 0.15) is 0 Å². The lowest BCUT2D eigenvalue weighted by molar-refractivity contribution is 0.101. The minimum atomic E-state index is 0.0169. The van der Waals surface area contributed by atoms with Crippen molar-refractivity contribution in [2.24, 2.45) is 5.92 Å². The van der Waals surface area contributed by atoms with E-state index in [2.05, 4.69) is 4.98 Å². The highest BCUT2D eigenvalue weighted by Gasteiger charge is 2.16. The fourth-order valence-corrected chi connectivity index (χ4v) is 1.59. The number of Topliss-reactive ketones (excluding diaryl/α,β-unsaturated/α-hetero) is 1. The van der Waals surface area contributed by atoms with Crippen molar-refractivity contribution in [1.82, 2.24) is 4.98 Å². The van der Waals surface area contributed by atoms with E-state index in [0.717, 1.165) is 19.6 Å². The Morgan fingerprint density at radius 3 is 3.06 bits per heavy atom. The standard InChI is InChI=1S/C12H15NO3/c1-9(14)11-2-3-12(13-6-11)16-8-10-4-5-15-7-10/h2-3,6,10H,4-5,7-8H2,1H3. The molecule has 0 saturated carbocycles. The summed E-state index contributed by atoms with van der Waals surface area (Å²) in [6, 6.07) is 3.46. The monoisotopic (exact) mass is 221 g/mol. The smallest absolute Gasteiger partial charge is 0.213 e. The molecule has 2 heterocycles. The van der Waals surface area contributed by atoms with Gasteiger partial charge in [-0.05, 0) is 19.4 Å². The van der Waals surface area contributed by atoms with Crippen molar-refractivity contribution in [2.45, 2.75) is 13.3 Å². The van der Waals surface area contributed by atoms with Crippen molar-refractivity contribution < 1.29 is 14.3 Å². The molecular weight excluding hydrogens is 206 g/mol. The summed E-state index contributed by atoms with van der Waals surface area (Å²) in [6.07, 6.45) is 2.59. The number of carbonyl (C=O) groups is 1. The highest BCUT2D eigenvalue weighted by molar-refractivity contribution is 5.93. The molecule has 1 aromatic rings. The summed E-state index contributed by atoms with van der Waals surface area (Å²) in [4.78, 5) is 15.1. The summed E-state index contributed by atoms with van der Waals surface area (Å²) in [5.41, 5.74) is 0.608. The van der Waals surface area contributed by atoms with Gasteiger partial charge in [0.2, 0.25) is 5.88 Å². The predicted octanol–water partition coefficient (Wildman–Crippen LogP) is 1.70. The molecule has 0 N–H and O–H groups in total. The van der Waals surface area contributed by atoms with Crippen LogP contribution < -0.4 is 4.74 Å². The number of nitrogens with zero attached hydrogens (tertiary/aromatic N) is 1. The molecular formula is C12H15NO3. The van der Waals surface area contributed by atoms with Gasteiger partial charge in [-0.15, -0.1) is 0 Å². The van der Waals surface area contributed by atoms with Gasteiger partial charge in [-0.2, -0.15) is 0 Å². The Labute approximate surface area is 94.6 Å². The van der Waals surface area contributed by atoms with E-state index in [9.17, 15) is 4.79 Å². The quantitative estimate of drug-likeness (QED) is 0.726. The molecule has 2 rings (SSSR count). The number of rotatable bonds is 4. The van der Waals surface area contributed by atoms with Gasteiger partial charge in [0, 0.05) is 30.4 Å². The molecule has 86 valence electrons. The van der Waals surface area contributed by atoms with E-state index >= 15 is 0 Å². The van der Waals surface area contributed by atoms with Crippen molar-refractivity contribution >= 4 is 5.78 Å². The van der Waals surface area contributed by atoms with Gasteiger partial charge in [0.15, 0.2) is 5.78 Å². The maximum Gasteiger partial charge on any atom is 0.213 e. The molecule has 1 aliphatic heterocycles. The Hall–Kier alpha value is -1.42. The van der Waals surface area contributed by atoms with Gasteiger partial charge < -0.3 is 9.47 Å². The number of pyridine rings is 1. The predicted molar refractivity (Wildman–Crippen MR) is 58.7 cm³/mol. The van der Waals surface area contributed by atoms with Crippen LogP contribution in [-0.2, 0) is 4.74 Å². The summed E-state index contributed by atoms with van der Waals surface area (Å²) in [7, 11) is 0. The summed E-state index contributed by atoms with van der Waals surface area (Å²) in [5.74, 6) is 1.05. The van der Waals surface area contributed by atoms with Gasteiger partial charge in [0.25, 0.3) is 0 Å². The Morgan fingerprint density at radius 2 is 2.50 bits per heavy atom. The molecule has 1 unspecified atom stereocenters. The van der Waals surface area contributed by atoms with Crippen molar-refractivity contribution in [3.05, 3.63) is 23.9 Å². The molecule has 1 aromatic heterocycles. The fraction of sp³-hybridized carbons (Fsp3) is 0.500. The molecule has 1 saturated heterocycles. The molecule has 1 atom stereocenters.